The normalized spacial score (nSPS) is 10.4. The average molecular weight is 275 g/mol. The van der Waals surface area contributed by atoms with Gasteiger partial charge in [-0.3, -0.25) is 4.79 Å². The maximum atomic E-state index is 11.3. The van der Waals surface area contributed by atoms with Crippen LogP contribution < -0.4 is 11.1 Å². The lowest BCUT2D eigenvalue weighted by Crippen LogP contribution is -2.27. The van der Waals surface area contributed by atoms with Crippen molar-refractivity contribution in [1.29, 1.82) is 0 Å². The quantitative estimate of drug-likeness (QED) is 0.845. The van der Waals surface area contributed by atoms with Crippen LogP contribution in [0.15, 0.2) is 35.7 Å². The zero-order chi connectivity index (χ0) is 13.5. The zero-order valence-corrected chi connectivity index (χ0v) is 11.5. The van der Waals surface area contributed by atoms with Crippen molar-refractivity contribution in [3.63, 3.8) is 0 Å². The third-order valence-corrected chi connectivity index (χ3v) is 3.59. The van der Waals surface area contributed by atoms with Crippen molar-refractivity contribution in [1.82, 2.24) is 10.3 Å². The number of nitrogens with one attached hydrogen (secondary N) is 1. The molecule has 2 rings (SSSR count). The first kappa shape index (κ1) is 13.7. The van der Waals surface area contributed by atoms with E-state index < -0.39 is 0 Å². The van der Waals surface area contributed by atoms with E-state index in [9.17, 15) is 4.79 Å². The van der Waals surface area contributed by atoms with Gasteiger partial charge in [0.2, 0.25) is 5.91 Å². The molecule has 1 heterocycles. The number of aromatic nitrogens is 1. The van der Waals surface area contributed by atoms with Gasteiger partial charge in [-0.2, -0.15) is 0 Å². The van der Waals surface area contributed by atoms with Crippen LogP contribution in [0.4, 0.5) is 0 Å². The highest BCUT2D eigenvalue weighted by molar-refractivity contribution is 7.13. The van der Waals surface area contributed by atoms with Crippen molar-refractivity contribution in [2.45, 2.75) is 12.8 Å². The Balaban J connectivity index is 1.86. The summed E-state index contributed by atoms with van der Waals surface area (Å²) in [6, 6.07) is 10.1. The molecular weight excluding hydrogens is 258 g/mol. The fraction of sp³-hybridized carbons (Fsp3) is 0.286. The van der Waals surface area contributed by atoms with Gasteiger partial charge in [0.05, 0.1) is 5.69 Å². The average Bonchev–Trinajstić information content (AvgIpc) is 2.89. The Morgan fingerprint density at radius 3 is 2.84 bits per heavy atom. The maximum absolute atomic E-state index is 11.3. The molecule has 0 fully saturated rings. The van der Waals surface area contributed by atoms with E-state index >= 15 is 0 Å². The van der Waals surface area contributed by atoms with Gasteiger partial charge >= 0.3 is 0 Å². The molecular formula is C14H17N3OS. The highest BCUT2D eigenvalue weighted by Gasteiger charge is 2.05. The minimum Gasteiger partial charge on any atom is -0.356 e. The Labute approximate surface area is 116 Å². The summed E-state index contributed by atoms with van der Waals surface area (Å²) in [6.45, 7) is 0.998. The number of hydrogen-bond donors (Lipinski definition) is 2. The predicted molar refractivity (Wildman–Crippen MR) is 77.9 cm³/mol. The van der Waals surface area contributed by atoms with E-state index in [1.807, 2.05) is 35.7 Å². The number of benzene rings is 1. The van der Waals surface area contributed by atoms with Crippen molar-refractivity contribution in [3.8, 4) is 10.6 Å². The second-order valence-electron chi connectivity index (χ2n) is 4.15. The monoisotopic (exact) mass is 275 g/mol. The van der Waals surface area contributed by atoms with Gasteiger partial charge < -0.3 is 11.1 Å². The molecule has 0 unspecified atom stereocenters. The van der Waals surface area contributed by atoms with Crippen LogP contribution in [-0.2, 0) is 11.2 Å². The van der Waals surface area contributed by atoms with E-state index in [4.69, 9.17) is 5.73 Å². The van der Waals surface area contributed by atoms with E-state index in [1.54, 1.807) is 11.3 Å². The van der Waals surface area contributed by atoms with E-state index in [-0.39, 0.29) is 5.91 Å². The van der Waals surface area contributed by atoms with Crippen molar-refractivity contribution in [2.75, 3.05) is 13.1 Å². The van der Waals surface area contributed by atoms with Crippen LogP contribution in [0.2, 0.25) is 0 Å². The SMILES string of the molecule is NCCC(=O)NCCc1csc(-c2ccccc2)n1. The number of rotatable bonds is 6. The molecule has 0 aliphatic carbocycles. The summed E-state index contributed by atoms with van der Waals surface area (Å²) in [5.41, 5.74) is 7.45. The lowest BCUT2D eigenvalue weighted by atomic mass is 10.2. The first-order valence-electron chi connectivity index (χ1n) is 6.26. The molecule has 3 N–H and O–H groups in total. The van der Waals surface area contributed by atoms with Crippen LogP contribution in [0, 0.1) is 0 Å². The lowest BCUT2D eigenvalue weighted by Gasteiger charge is -2.01. The fourth-order valence-electron chi connectivity index (χ4n) is 1.68. The van der Waals surface area contributed by atoms with Gasteiger partial charge in [0.25, 0.3) is 0 Å². The number of carbonyl (C=O) groups is 1. The van der Waals surface area contributed by atoms with Crippen LogP contribution in [0.5, 0.6) is 0 Å². The summed E-state index contributed by atoms with van der Waals surface area (Å²) in [6.07, 6.45) is 1.13. The summed E-state index contributed by atoms with van der Waals surface area (Å²) < 4.78 is 0. The third kappa shape index (κ3) is 4.15. The van der Waals surface area contributed by atoms with Gasteiger partial charge in [0, 0.05) is 36.9 Å². The van der Waals surface area contributed by atoms with Crippen LogP contribution in [0.3, 0.4) is 0 Å². The standard InChI is InChI=1S/C14H17N3OS/c15-8-6-13(18)16-9-7-12-10-19-14(17-12)11-4-2-1-3-5-11/h1-5,10H,6-9,15H2,(H,16,18). The van der Waals surface area contributed by atoms with E-state index in [0.29, 0.717) is 19.5 Å². The minimum absolute atomic E-state index is 0.000937. The van der Waals surface area contributed by atoms with Crippen molar-refractivity contribution < 1.29 is 4.79 Å². The fourth-order valence-corrected chi connectivity index (χ4v) is 2.54. The molecule has 0 saturated heterocycles. The van der Waals surface area contributed by atoms with Crippen molar-refractivity contribution in [2.24, 2.45) is 5.73 Å². The molecule has 0 atom stereocenters. The van der Waals surface area contributed by atoms with Crippen LogP contribution in [0.25, 0.3) is 10.6 Å². The third-order valence-electron chi connectivity index (χ3n) is 2.65. The Kier molecular flexibility index (Phi) is 5.06. The number of thiazole rings is 1. The van der Waals surface area contributed by atoms with Gasteiger partial charge in [-0.1, -0.05) is 30.3 Å². The number of nitrogens with two attached hydrogens (primary N) is 1. The maximum Gasteiger partial charge on any atom is 0.221 e. The lowest BCUT2D eigenvalue weighted by molar-refractivity contribution is -0.120. The molecule has 0 bridgehead atoms. The molecule has 19 heavy (non-hydrogen) atoms. The molecule has 0 radical (unpaired) electrons. The van der Waals surface area contributed by atoms with Gasteiger partial charge in [-0.25, -0.2) is 4.98 Å². The summed E-state index contributed by atoms with van der Waals surface area (Å²) in [5, 5.41) is 5.88. The van der Waals surface area contributed by atoms with Crippen LogP contribution >= 0.6 is 11.3 Å². The van der Waals surface area contributed by atoms with E-state index in [1.165, 1.54) is 0 Å². The van der Waals surface area contributed by atoms with E-state index in [0.717, 1.165) is 22.7 Å². The Morgan fingerprint density at radius 2 is 2.11 bits per heavy atom. The zero-order valence-electron chi connectivity index (χ0n) is 10.6. The molecule has 100 valence electrons. The molecule has 0 aliphatic rings. The molecule has 2 aromatic rings. The van der Waals surface area contributed by atoms with Crippen LogP contribution in [-0.4, -0.2) is 24.0 Å². The molecule has 1 aromatic carbocycles. The molecule has 5 heteroatoms. The first-order chi connectivity index (χ1) is 9.29. The molecule has 1 aromatic heterocycles. The van der Waals surface area contributed by atoms with Gasteiger partial charge in [0.15, 0.2) is 0 Å². The first-order valence-corrected chi connectivity index (χ1v) is 7.14. The molecule has 0 aliphatic heterocycles. The largest absolute Gasteiger partial charge is 0.356 e. The predicted octanol–water partition coefficient (Wildman–Crippen LogP) is 1.82. The number of amides is 1. The van der Waals surface area contributed by atoms with Gasteiger partial charge in [0.1, 0.15) is 5.01 Å². The second-order valence-corrected chi connectivity index (χ2v) is 5.01. The summed E-state index contributed by atoms with van der Waals surface area (Å²) in [4.78, 5) is 15.8. The second kappa shape index (κ2) is 7.01. The van der Waals surface area contributed by atoms with Crippen LogP contribution in [0.1, 0.15) is 12.1 Å². The van der Waals surface area contributed by atoms with Crippen molar-refractivity contribution in [3.05, 3.63) is 41.4 Å². The Bertz CT molecular complexity index is 524. The number of hydrogen-bond acceptors (Lipinski definition) is 4. The summed E-state index contributed by atoms with van der Waals surface area (Å²) >= 11 is 1.63. The van der Waals surface area contributed by atoms with Gasteiger partial charge in [-0.15, -0.1) is 11.3 Å². The number of carbonyl (C=O) groups excluding carboxylic acids is 1. The summed E-state index contributed by atoms with van der Waals surface area (Å²) in [7, 11) is 0. The number of nitrogens with zero attached hydrogens (tertiary/aromatic N) is 1. The Hall–Kier alpha value is -1.72. The summed E-state index contributed by atoms with van der Waals surface area (Å²) in [5.74, 6) is 0.000937. The molecule has 0 saturated carbocycles. The Morgan fingerprint density at radius 1 is 1.32 bits per heavy atom. The smallest absolute Gasteiger partial charge is 0.221 e. The topological polar surface area (TPSA) is 68.0 Å². The molecule has 0 spiro atoms. The minimum atomic E-state index is 0.000937. The van der Waals surface area contributed by atoms with Crippen molar-refractivity contribution >= 4 is 17.2 Å². The highest BCUT2D eigenvalue weighted by atomic mass is 32.1. The van der Waals surface area contributed by atoms with E-state index in [2.05, 4.69) is 10.3 Å². The molecule has 4 nitrogen and oxygen atoms in total. The highest BCUT2D eigenvalue weighted by Crippen LogP contribution is 2.23. The molecule has 1 amide bonds. The van der Waals surface area contributed by atoms with Gasteiger partial charge in [-0.05, 0) is 0 Å².